The number of rotatable bonds is 17. The van der Waals surface area contributed by atoms with Crippen LogP contribution in [0.25, 0.3) is 0 Å². The number of esters is 1. The Hall–Kier alpha value is -6.74. The summed E-state index contributed by atoms with van der Waals surface area (Å²) in [4.78, 5) is 66.1. The molecule has 15 heteroatoms. The number of β-lactam (4-membered cyclic amide) rings is 1. The summed E-state index contributed by atoms with van der Waals surface area (Å²) in [5, 5.41) is 22.1. The number of carboxylic acids is 1. The summed E-state index contributed by atoms with van der Waals surface area (Å²) in [6, 6.07) is 47.4. The molecule has 5 aromatic carbocycles. The number of carbonyl (C=O) groups is 4. The first kappa shape index (κ1) is 43.9. The summed E-state index contributed by atoms with van der Waals surface area (Å²) in [5.41, 5.74) is 3.34. The SMILES string of the molecule is CC[C@@H](ON=C(C(=O)N[C@H]1C(=O)N2C(C(=O)O)=C(CCl)CS[C@@H]12)c1csc(NC(c2ccccc2)(c2ccccc2)c2ccccc2)n1)C(=O)OC(c1ccccc1)c1ccccc1. The van der Waals surface area contributed by atoms with Crippen LogP contribution in [0.2, 0.25) is 0 Å². The molecule has 12 nitrogen and oxygen atoms in total. The number of alkyl halides is 1. The molecule has 2 aliphatic heterocycles. The van der Waals surface area contributed by atoms with E-state index >= 15 is 0 Å². The minimum Gasteiger partial charge on any atom is -0.477 e. The van der Waals surface area contributed by atoms with Gasteiger partial charge in [-0.25, -0.2) is 14.6 Å². The van der Waals surface area contributed by atoms with Crippen LogP contribution in [-0.2, 0) is 34.3 Å². The predicted octanol–water partition coefficient (Wildman–Crippen LogP) is 8.36. The predicted molar refractivity (Wildman–Crippen MR) is 248 cm³/mol. The minimum atomic E-state index is -1.28. The van der Waals surface area contributed by atoms with Crippen LogP contribution >= 0.6 is 34.7 Å². The second-order valence-electron chi connectivity index (χ2n) is 14.8. The molecule has 0 saturated carbocycles. The third-order valence-electron chi connectivity index (χ3n) is 10.9. The average Bonchev–Trinajstić information content (AvgIpc) is 3.81. The van der Waals surface area contributed by atoms with Crippen molar-refractivity contribution < 1.29 is 33.9 Å². The third kappa shape index (κ3) is 8.89. The average molecular weight is 912 g/mol. The number of carbonyl (C=O) groups excluding carboxylic acids is 3. The molecule has 2 amide bonds. The molecule has 0 spiro atoms. The molecule has 8 rings (SSSR count). The molecule has 3 heterocycles. The van der Waals surface area contributed by atoms with E-state index < -0.39 is 52.9 Å². The maximum Gasteiger partial charge on any atom is 0.352 e. The third-order valence-corrected chi connectivity index (χ3v) is 13.3. The smallest absolute Gasteiger partial charge is 0.352 e. The highest BCUT2D eigenvalue weighted by Crippen LogP contribution is 2.42. The Morgan fingerprint density at radius 1 is 0.844 bits per heavy atom. The van der Waals surface area contributed by atoms with Crippen molar-refractivity contribution in [3.05, 3.63) is 202 Å². The van der Waals surface area contributed by atoms with E-state index in [1.165, 1.54) is 23.1 Å². The van der Waals surface area contributed by atoms with Crippen LogP contribution in [0.5, 0.6) is 0 Å². The lowest BCUT2D eigenvalue weighted by Gasteiger charge is -2.49. The number of thioether (sulfide) groups is 1. The number of nitrogens with one attached hydrogen (secondary N) is 2. The number of ether oxygens (including phenoxy) is 1. The largest absolute Gasteiger partial charge is 0.477 e. The van der Waals surface area contributed by atoms with Gasteiger partial charge in [-0.3, -0.25) is 14.5 Å². The highest BCUT2D eigenvalue weighted by atomic mass is 35.5. The van der Waals surface area contributed by atoms with Gasteiger partial charge in [0.25, 0.3) is 11.8 Å². The Kier molecular flexibility index (Phi) is 13.5. The van der Waals surface area contributed by atoms with Crippen LogP contribution in [-0.4, -0.2) is 73.6 Å². The van der Waals surface area contributed by atoms with Crippen LogP contribution < -0.4 is 10.6 Å². The minimum absolute atomic E-state index is 0.0604. The van der Waals surface area contributed by atoms with Gasteiger partial charge in [-0.1, -0.05) is 164 Å². The number of anilines is 1. The summed E-state index contributed by atoms with van der Waals surface area (Å²) >= 11 is 8.56. The zero-order valence-electron chi connectivity index (χ0n) is 34.4. The van der Waals surface area contributed by atoms with E-state index in [1.54, 1.807) is 12.3 Å². The van der Waals surface area contributed by atoms with Crippen LogP contribution in [0.3, 0.4) is 0 Å². The molecule has 1 aromatic heterocycles. The van der Waals surface area contributed by atoms with Gasteiger partial charge >= 0.3 is 11.9 Å². The highest BCUT2D eigenvalue weighted by Gasteiger charge is 2.54. The van der Waals surface area contributed by atoms with Gasteiger partial charge < -0.3 is 25.3 Å². The number of thiazole rings is 1. The van der Waals surface area contributed by atoms with Crippen molar-refractivity contribution in [2.24, 2.45) is 5.16 Å². The van der Waals surface area contributed by atoms with E-state index in [9.17, 15) is 24.3 Å². The fourth-order valence-electron chi connectivity index (χ4n) is 7.76. The Bertz CT molecular complexity index is 2530. The molecule has 3 atom stereocenters. The summed E-state index contributed by atoms with van der Waals surface area (Å²) in [7, 11) is 0. The van der Waals surface area contributed by atoms with Crippen molar-refractivity contribution in [2.75, 3.05) is 16.9 Å². The fourth-order valence-corrected chi connectivity index (χ4v) is 10.2. The lowest BCUT2D eigenvalue weighted by atomic mass is 9.77. The lowest BCUT2D eigenvalue weighted by Crippen LogP contribution is -2.71. The molecule has 6 aromatic rings. The summed E-state index contributed by atoms with van der Waals surface area (Å²) in [6.07, 6.45) is -1.87. The van der Waals surface area contributed by atoms with Gasteiger partial charge in [0.2, 0.25) is 6.10 Å². The summed E-state index contributed by atoms with van der Waals surface area (Å²) in [5.74, 6) is -3.24. The number of carboxylic acid groups (broad SMARTS) is 1. The molecule has 3 N–H and O–H groups in total. The Morgan fingerprint density at radius 3 is 1.84 bits per heavy atom. The van der Waals surface area contributed by atoms with Crippen molar-refractivity contribution in [1.82, 2.24) is 15.2 Å². The molecule has 64 heavy (non-hydrogen) atoms. The van der Waals surface area contributed by atoms with Crippen LogP contribution in [0.4, 0.5) is 5.13 Å². The van der Waals surface area contributed by atoms with Crippen molar-refractivity contribution in [3.63, 3.8) is 0 Å². The number of aromatic nitrogens is 1. The molecule has 324 valence electrons. The molecular formula is C49H42ClN5O7S2. The number of halogens is 1. The van der Waals surface area contributed by atoms with E-state index in [4.69, 9.17) is 26.2 Å². The first-order chi connectivity index (χ1) is 31.2. The van der Waals surface area contributed by atoms with E-state index in [0.717, 1.165) is 32.7 Å². The number of hydrogen-bond donors (Lipinski definition) is 3. The van der Waals surface area contributed by atoms with Gasteiger partial charge in [-0.15, -0.1) is 34.7 Å². The number of aliphatic carboxylic acids is 1. The van der Waals surface area contributed by atoms with Gasteiger partial charge in [0, 0.05) is 17.0 Å². The molecular weight excluding hydrogens is 870 g/mol. The van der Waals surface area contributed by atoms with Crippen molar-refractivity contribution >= 4 is 69.3 Å². The van der Waals surface area contributed by atoms with Gasteiger partial charge in [0.1, 0.15) is 28.3 Å². The molecule has 1 fully saturated rings. The first-order valence-electron chi connectivity index (χ1n) is 20.4. The Labute approximate surface area is 383 Å². The highest BCUT2D eigenvalue weighted by molar-refractivity contribution is 8.00. The first-order valence-corrected chi connectivity index (χ1v) is 22.9. The number of fused-ring (bicyclic) bond motifs is 1. The fraction of sp³-hybridized carbons (Fsp3) is 0.184. The molecule has 0 unspecified atom stereocenters. The van der Waals surface area contributed by atoms with Gasteiger partial charge in [0.15, 0.2) is 16.9 Å². The molecule has 0 bridgehead atoms. The summed E-state index contributed by atoms with van der Waals surface area (Å²) < 4.78 is 6.10. The molecule has 2 aliphatic rings. The van der Waals surface area contributed by atoms with Crippen LogP contribution in [0.1, 0.15) is 53.0 Å². The maximum atomic E-state index is 14.5. The van der Waals surface area contributed by atoms with E-state index in [1.807, 2.05) is 152 Å². The van der Waals surface area contributed by atoms with Gasteiger partial charge in [-0.05, 0) is 39.8 Å². The zero-order valence-corrected chi connectivity index (χ0v) is 36.8. The van der Waals surface area contributed by atoms with Gasteiger partial charge in [-0.2, -0.15) is 0 Å². The lowest BCUT2D eigenvalue weighted by molar-refractivity contribution is -0.161. The second-order valence-corrected chi connectivity index (χ2v) is 17.1. The van der Waals surface area contributed by atoms with Gasteiger partial charge in [0.05, 0.1) is 0 Å². The summed E-state index contributed by atoms with van der Waals surface area (Å²) in [6.45, 7) is 1.73. The van der Waals surface area contributed by atoms with Crippen LogP contribution in [0.15, 0.2) is 173 Å². The van der Waals surface area contributed by atoms with Crippen LogP contribution in [0, 0.1) is 0 Å². The quantitative estimate of drug-likeness (QED) is 0.0203. The number of amides is 2. The monoisotopic (exact) mass is 911 g/mol. The normalized spacial score (nSPS) is 16.6. The number of hydrogen-bond acceptors (Lipinski definition) is 11. The number of benzene rings is 5. The topological polar surface area (TPSA) is 160 Å². The van der Waals surface area contributed by atoms with Crippen molar-refractivity contribution in [2.45, 2.75) is 42.5 Å². The number of oxime groups is 1. The van der Waals surface area contributed by atoms with E-state index in [2.05, 4.69) is 15.8 Å². The van der Waals surface area contributed by atoms with E-state index in [0.29, 0.717) is 10.7 Å². The molecule has 1 saturated heterocycles. The molecule has 0 aliphatic carbocycles. The van der Waals surface area contributed by atoms with Crippen molar-refractivity contribution in [3.8, 4) is 0 Å². The zero-order chi connectivity index (χ0) is 44.6. The Balaban J connectivity index is 1.14. The maximum absolute atomic E-state index is 14.5. The van der Waals surface area contributed by atoms with Crippen molar-refractivity contribution in [1.29, 1.82) is 0 Å². The van der Waals surface area contributed by atoms with E-state index in [-0.39, 0.29) is 35.2 Å². The number of nitrogens with zero attached hydrogens (tertiary/aromatic N) is 3. The molecule has 0 radical (unpaired) electrons. The second kappa shape index (κ2) is 19.8. The Morgan fingerprint density at radius 2 is 1.36 bits per heavy atom. The standard InChI is InChI=1S/C49H42ClN5O7S2/c1-2-38(47(60)61-42(31-18-8-3-9-19-31)32-20-10-4-11-21-32)62-54-39(43(56)52-40-44(57)55-41(46(58)59)33(28-50)29-63-45(40)55)37-30-64-48(51-37)53-49(34-22-12-5-13-23-34,35-24-14-6-15-25-35)36-26-16-7-17-27-36/h3-27,30,38,40,42,45H,2,28-29H2,1H3,(H,51,53)(H,52,56)(H,58,59)/t38-,40+,45+/m1/s1.